The lowest BCUT2D eigenvalue weighted by molar-refractivity contribution is -0.141. The van der Waals surface area contributed by atoms with Gasteiger partial charge in [0.05, 0.1) is 18.8 Å². The fourth-order valence-electron chi connectivity index (χ4n) is 3.95. The van der Waals surface area contributed by atoms with Crippen molar-refractivity contribution in [2.75, 3.05) is 26.8 Å². The first kappa shape index (κ1) is 25.5. The van der Waals surface area contributed by atoms with Crippen LogP contribution in [0.25, 0.3) is 11.4 Å². The van der Waals surface area contributed by atoms with Crippen LogP contribution in [0.3, 0.4) is 0 Å². The Bertz CT molecular complexity index is 1050. The molecule has 1 amide bonds. The average molecular weight is 469 g/mol. The topological polar surface area (TPSA) is 99.2 Å². The van der Waals surface area contributed by atoms with Crippen LogP contribution in [0.5, 0.6) is 0 Å². The lowest BCUT2D eigenvalue weighted by atomic mass is 9.84. The number of halogens is 1. The number of carbonyl (C=O) groups is 1. The Morgan fingerprint density at radius 2 is 1.94 bits per heavy atom. The molecule has 0 spiro atoms. The summed E-state index contributed by atoms with van der Waals surface area (Å²) in [5, 5.41) is 0. The molecule has 9 heteroatoms. The zero-order chi connectivity index (χ0) is 24.7. The monoisotopic (exact) mass is 468 g/mol. The number of aromatic nitrogens is 4. The Kier molecular flexibility index (Phi) is 8.46. The van der Waals surface area contributed by atoms with Crippen molar-refractivity contribution in [3.05, 3.63) is 66.5 Å². The molecular formula is C25H33FN6O2. The summed E-state index contributed by atoms with van der Waals surface area (Å²) in [5.74, 6) is 0.305. The minimum Gasteiger partial charge on any atom is -0.375 e. The van der Waals surface area contributed by atoms with Gasteiger partial charge in [-0.3, -0.25) is 14.8 Å². The normalized spacial score (nSPS) is 13.5. The predicted octanol–water partition coefficient (Wildman–Crippen LogP) is 3.25. The van der Waals surface area contributed by atoms with Gasteiger partial charge in [-0.15, -0.1) is 0 Å². The first-order valence-electron chi connectivity index (χ1n) is 11.2. The van der Waals surface area contributed by atoms with E-state index in [-0.39, 0.29) is 25.6 Å². The molecule has 0 bridgehead atoms. The number of hydrogen-bond donors (Lipinski definition) is 1. The van der Waals surface area contributed by atoms with Gasteiger partial charge >= 0.3 is 0 Å². The fraction of sp³-hybridized carbons (Fsp3) is 0.440. The summed E-state index contributed by atoms with van der Waals surface area (Å²) in [6, 6.07) is 9.41. The number of alkyl halides is 1. The summed E-state index contributed by atoms with van der Waals surface area (Å²) >= 11 is 0. The van der Waals surface area contributed by atoms with Gasteiger partial charge in [0.25, 0.3) is 0 Å². The summed E-state index contributed by atoms with van der Waals surface area (Å²) in [6.07, 6.45) is 5.38. The van der Waals surface area contributed by atoms with Crippen LogP contribution < -0.4 is 5.73 Å². The summed E-state index contributed by atoms with van der Waals surface area (Å²) < 4.78 is 21.7. The van der Waals surface area contributed by atoms with Gasteiger partial charge in [-0.05, 0) is 11.0 Å². The quantitative estimate of drug-likeness (QED) is 0.490. The molecule has 3 aromatic rings. The molecule has 0 aliphatic carbocycles. The lowest BCUT2D eigenvalue weighted by Crippen LogP contribution is -2.47. The van der Waals surface area contributed by atoms with Crippen molar-refractivity contribution in [1.82, 2.24) is 24.4 Å². The van der Waals surface area contributed by atoms with Gasteiger partial charge in [0.15, 0.2) is 0 Å². The maximum Gasteiger partial charge on any atom is 0.249 e. The van der Waals surface area contributed by atoms with Crippen LogP contribution in [0.15, 0.2) is 55.1 Å². The molecule has 2 N–H and O–H groups in total. The molecule has 0 saturated carbocycles. The average Bonchev–Trinajstić information content (AvgIpc) is 3.22. The smallest absolute Gasteiger partial charge is 0.249 e. The number of hydrogen-bond acceptors (Lipinski definition) is 6. The number of ether oxygens (including phenoxy) is 1. The molecule has 0 fully saturated rings. The third-order valence-corrected chi connectivity index (χ3v) is 5.44. The number of nitrogens with zero attached hydrogens (tertiary/aromatic N) is 5. The molecule has 2 heterocycles. The Hall–Kier alpha value is -3.17. The minimum absolute atomic E-state index is 0.153. The highest BCUT2D eigenvalue weighted by molar-refractivity contribution is 5.78. The van der Waals surface area contributed by atoms with Crippen LogP contribution >= 0.6 is 0 Å². The maximum absolute atomic E-state index is 14.6. The second kappa shape index (κ2) is 11.3. The second-order valence-electron chi connectivity index (χ2n) is 9.27. The van der Waals surface area contributed by atoms with Gasteiger partial charge < -0.3 is 19.9 Å². The molecular weight excluding hydrogens is 435 g/mol. The molecule has 8 nitrogen and oxygen atoms in total. The Morgan fingerprint density at radius 3 is 2.53 bits per heavy atom. The molecule has 0 unspecified atom stereocenters. The van der Waals surface area contributed by atoms with E-state index in [9.17, 15) is 9.18 Å². The minimum atomic E-state index is -1.37. The molecule has 0 saturated heterocycles. The van der Waals surface area contributed by atoms with E-state index >= 15 is 0 Å². The van der Waals surface area contributed by atoms with Crippen molar-refractivity contribution in [1.29, 1.82) is 0 Å². The molecule has 0 aliphatic rings. The number of amides is 1. The molecule has 0 aliphatic heterocycles. The summed E-state index contributed by atoms with van der Waals surface area (Å²) in [4.78, 5) is 28.1. The largest absolute Gasteiger partial charge is 0.375 e. The van der Waals surface area contributed by atoms with Crippen molar-refractivity contribution in [3.8, 4) is 11.4 Å². The highest BCUT2D eigenvalue weighted by atomic mass is 19.1. The van der Waals surface area contributed by atoms with E-state index < -0.39 is 17.6 Å². The number of carbonyl (C=O) groups excluding carboxylic acids is 1. The van der Waals surface area contributed by atoms with Crippen molar-refractivity contribution < 1.29 is 13.9 Å². The number of benzene rings is 1. The predicted molar refractivity (Wildman–Crippen MR) is 129 cm³/mol. The highest BCUT2D eigenvalue weighted by Gasteiger charge is 2.39. The molecule has 2 atom stereocenters. The van der Waals surface area contributed by atoms with E-state index in [1.807, 2.05) is 61.9 Å². The van der Waals surface area contributed by atoms with Crippen LogP contribution in [0.1, 0.15) is 38.2 Å². The van der Waals surface area contributed by atoms with Gasteiger partial charge in [0, 0.05) is 38.8 Å². The van der Waals surface area contributed by atoms with E-state index in [0.717, 1.165) is 5.56 Å². The third-order valence-electron chi connectivity index (χ3n) is 5.44. The standard InChI is InChI=1S/C25H33FN6O2/c1-25(2,3)23(32(15-19(26)12-27)22(33)17-34-4)24-30-21(20-13-28-10-11-29-20)16-31(24)14-18-8-6-5-7-9-18/h5-11,13,16,19,23H,12,14-15,17,27H2,1-4H3/t19-,23+/m1/s1. The fourth-order valence-corrected chi connectivity index (χ4v) is 3.95. The SMILES string of the molecule is COCC(=O)N(C[C@H](F)CN)[C@@H](c1nc(-c2cnccn2)cn1Cc1ccccc1)C(C)(C)C. The van der Waals surface area contributed by atoms with Gasteiger partial charge in [-0.25, -0.2) is 9.37 Å². The van der Waals surface area contributed by atoms with Crippen LogP contribution in [-0.2, 0) is 16.1 Å². The molecule has 34 heavy (non-hydrogen) atoms. The van der Waals surface area contributed by atoms with Gasteiger partial charge in [-0.2, -0.15) is 0 Å². The van der Waals surface area contributed by atoms with E-state index in [0.29, 0.717) is 23.8 Å². The summed E-state index contributed by atoms with van der Waals surface area (Å²) in [7, 11) is 1.45. The van der Waals surface area contributed by atoms with Crippen molar-refractivity contribution in [3.63, 3.8) is 0 Å². The Labute approximate surface area is 200 Å². The third kappa shape index (κ3) is 6.24. The maximum atomic E-state index is 14.6. The van der Waals surface area contributed by atoms with Gasteiger partial charge in [0.1, 0.15) is 30.0 Å². The number of nitrogens with two attached hydrogens (primary N) is 1. The van der Waals surface area contributed by atoms with E-state index in [2.05, 4.69) is 9.97 Å². The van der Waals surface area contributed by atoms with Gasteiger partial charge in [-0.1, -0.05) is 51.1 Å². The van der Waals surface area contributed by atoms with Crippen molar-refractivity contribution in [2.45, 2.75) is 39.5 Å². The van der Waals surface area contributed by atoms with E-state index in [1.54, 1.807) is 18.6 Å². The number of methoxy groups -OCH3 is 1. The van der Waals surface area contributed by atoms with Crippen molar-refractivity contribution in [2.24, 2.45) is 11.1 Å². The summed E-state index contributed by atoms with van der Waals surface area (Å²) in [5.41, 5.74) is 7.41. The van der Waals surface area contributed by atoms with E-state index in [1.165, 1.54) is 12.0 Å². The number of imidazole rings is 1. The first-order valence-corrected chi connectivity index (χ1v) is 11.2. The second-order valence-corrected chi connectivity index (χ2v) is 9.27. The van der Waals surface area contributed by atoms with Gasteiger partial charge in [0.2, 0.25) is 5.91 Å². The first-order chi connectivity index (χ1) is 16.2. The molecule has 2 aromatic heterocycles. The van der Waals surface area contributed by atoms with Crippen LogP contribution in [0.4, 0.5) is 4.39 Å². The van der Waals surface area contributed by atoms with Crippen LogP contribution in [0, 0.1) is 5.41 Å². The summed E-state index contributed by atoms with van der Waals surface area (Å²) in [6.45, 7) is 6.03. The zero-order valence-electron chi connectivity index (χ0n) is 20.2. The lowest BCUT2D eigenvalue weighted by Gasteiger charge is -2.40. The Morgan fingerprint density at radius 1 is 1.21 bits per heavy atom. The highest BCUT2D eigenvalue weighted by Crippen LogP contribution is 2.39. The zero-order valence-corrected chi connectivity index (χ0v) is 20.2. The number of rotatable bonds is 10. The van der Waals surface area contributed by atoms with Crippen LogP contribution in [0.2, 0.25) is 0 Å². The molecule has 3 rings (SSSR count). The Balaban J connectivity index is 2.16. The molecule has 182 valence electrons. The molecule has 1 aromatic carbocycles. The van der Waals surface area contributed by atoms with Crippen molar-refractivity contribution >= 4 is 5.91 Å². The molecule has 0 radical (unpaired) electrons. The van der Waals surface area contributed by atoms with Crippen LogP contribution in [-0.4, -0.2) is 63.3 Å². The van der Waals surface area contributed by atoms with E-state index in [4.69, 9.17) is 15.5 Å².